The average molecular weight is 672 g/mol. The van der Waals surface area contributed by atoms with Gasteiger partial charge in [-0.2, -0.15) is 5.01 Å². The Hall–Kier alpha value is -1.71. The first-order valence-corrected chi connectivity index (χ1v) is 13.8. The number of amides is 3. The third-order valence-corrected chi connectivity index (χ3v) is 11.8. The van der Waals surface area contributed by atoms with Crippen molar-refractivity contribution in [3.8, 4) is 5.75 Å². The minimum atomic E-state index is -2.15. The number of ether oxygens (including phenoxy) is 1. The molecule has 0 spiro atoms. The van der Waals surface area contributed by atoms with Crippen LogP contribution in [0, 0.1) is 11.8 Å². The van der Waals surface area contributed by atoms with Crippen molar-refractivity contribution in [2.24, 2.45) is 11.8 Å². The summed E-state index contributed by atoms with van der Waals surface area (Å²) in [6.45, 7) is -0.723. The molecule has 1 aliphatic heterocycles. The quantitative estimate of drug-likeness (QED) is 0.213. The molecule has 3 amide bonds. The van der Waals surface area contributed by atoms with E-state index in [9.17, 15) is 19.2 Å². The molecule has 2 aromatic carbocycles. The van der Waals surface area contributed by atoms with E-state index in [2.05, 4.69) is 0 Å². The maximum atomic E-state index is 13.9. The number of hydrogen-bond acceptors (Lipinski definition) is 5. The molecule has 39 heavy (non-hydrogen) atoms. The molecule has 4 atom stereocenters. The summed E-state index contributed by atoms with van der Waals surface area (Å²) in [5.74, 6) is -5.97. The molecule has 204 valence electrons. The Morgan fingerprint density at radius 2 is 1.38 bits per heavy atom. The first-order chi connectivity index (χ1) is 18.2. The molecule has 2 bridgehead atoms. The highest BCUT2D eigenvalue weighted by Gasteiger charge is 2.88. The van der Waals surface area contributed by atoms with Crippen molar-refractivity contribution in [1.29, 1.82) is 0 Å². The van der Waals surface area contributed by atoms with E-state index >= 15 is 0 Å². The van der Waals surface area contributed by atoms with Crippen LogP contribution in [-0.2, 0) is 9.59 Å². The number of carbonyl (C=O) groups is 4. The van der Waals surface area contributed by atoms with Gasteiger partial charge in [-0.3, -0.25) is 19.2 Å². The Morgan fingerprint density at radius 3 is 1.87 bits per heavy atom. The zero-order valence-electron chi connectivity index (χ0n) is 19.6. The summed E-state index contributed by atoms with van der Waals surface area (Å²) in [6, 6.07) is 12.0. The number of alkyl halides is 4. The number of halogens is 7. The fourth-order valence-electron chi connectivity index (χ4n) is 5.23. The minimum Gasteiger partial charge on any atom is -0.497 e. The van der Waals surface area contributed by atoms with Crippen molar-refractivity contribution >= 4 is 105 Å². The van der Waals surface area contributed by atoms with Crippen LogP contribution in [0.3, 0.4) is 0 Å². The smallest absolute Gasteiger partial charge is 0.274 e. The first-order valence-electron chi connectivity index (χ1n) is 11.2. The summed E-state index contributed by atoms with van der Waals surface area (Å²) in [5, 5.41) is 0.684. The van der Waals surface area contributed by atoms with Crippen LogP contribution < -0.4 is 4.74 Å². The number of carbonyl (C=O) groups excluding carboxylic acids is 4. The van der Waals surface area contributed by atoms with E-state index in [1.165, 1.54) is 37.4 Å². The second-order valence-electron chi connectivity index (χ2n) is 9.06. The number of nitrogens with zero attached hydrogens (tertiary/aromatic N) is 2. The second kappa shape index (κ2) is 9.69. The molecular formula is C25H15Cl7N2O5. The number of imide groups is 1. The van der Waals surface area contributed by atoms with Crippen molar-refractivity contribution in [3.05, 3.63) is 74.7 Å². The van der Waals surface area contributed by atoms with Gasteiger partial charge >= 0.3 is 0 Å². The average Bonchev–Trinajstić information content (AvgIpc) is 3.30. The van der Waals surface area contributed by atoms with Gasteiger partial charge in [0.1, 0.15) is 22.0 Å². The summed E-state index contributed by atoms with van der Waals surface area (Å²) < 4.78 is 2.96. The van der Waals surface area contributed by atoms with Gasteiger partial charge in [-0.1, -0.05) is 70.1 Å². The van der Waals surface area contributed by atoms with E-state index < -0.39 is 56.0 Å². The summed E-state index contributed by atoms with van der Waals surface area (Å²) in [4.78, 5) is 50.7. The van der Waals surface area contributed by atoms with Crippen LogP contribution >= 0.6 is 81.2 Å². The van der Waals surface area contributed by atoms with Crippen LogP contribution in [0.5, 0.6) is 5.75 Å². The molecule has 1 saturated carbocycles. The molecule has 0 N–H and O–H groups in total. The molecule has 0 unspecified atom stereocenters. The molecule has 2 aromatic rings. The van der Waals surface area contributed by atoms with Crippen molar-refractivity contribution in [1.82, 2.24) is 10.0 Å². The predicted molar refractivity (Wildman–Crippen MR) is 149 cm³/mol. The van der Waals surface area contributed by atoms with E-state index in [1.807, 2.05) is 0 Å². The molecule has 0 radical (unpaired) electrons. The lowest BCUT2D eigenvalue weighted by atomic mass is 9.84. The van der Waals surface area contributed by atoms with Crippen molar-refractivity contribution < 1.29 is 23.9 Å². The standard InChI is InChI=1S/C25H15Cl7N2O5/c1-39-12-8-6-11(7-9-12)15(35)10-33(20(36)13-4-2-3-5-14(13)26)34-21(37)16-17(22(34)38)24(30)19(28)18(27)23(16,29)25(24,31)32/h2-9,16-17H,10H2,1H3/t16-,17-,23+,24+/m0/s1. The monoisotopic (exact) mass is 668 g/mol. The molecule has 2 aliphatic carbocycles. The first kappa shape index (κ1) is 28.8. The van der Waals surface area contributed by atoms with Crippen LogP contribution in [0.1, 0.15) is 20.7 Å². The van der Waals surface area contributed by atoms with E-state index in [0.717, 1.165) is 0 Å². The fourth-order valence-corrected chi connectivity index (χ4v) is 8.38. The van der Waals surface area contributed by atoms with E-state index in [1.54, 1.807) is 18.2 Å². The summed E-state index contributed by atoms with van der Waals surface area (Å²) in [7, 11) is 1.46. The number of rotatable bonds is 6. The normalized spacial score (nSPS) is 28.7. The van der Waals surface area contributed by atoms with Crippen molar-refractivity contribution in [2.45, 2.75) is 14.1 Å². The van der Waals surface area contributed by atoms with E-state index in [-0.39, 0.29) is 26.2 Å². The zero-order chi connectivity index (χ0) is 28.7. The molecule has 2 fully saturated rings. The summed E-state index contributed by atoms with van der Waals surface area (Å²) >= 11 is 45.6. The zero-order valence-corrected chi connectivity index (χ0v) is 24.9. The third kappa shape index (κ3) is 3.71. The third-order valence-electron chi connectivity index (χ3n) is 7.17. The number of hydrogen-bond donors (Lipinski definition) is 0. The van der Waals surface area contributed by atoms with Crippen LogP contribution in [0.4, 0.5) is 0 Å². The van der Waals surface area contributed by atoms with E-state index in [4.69, 9.17) is 85.9 Å². The fraction of sp³-hybridized carbons (Fsp3) is 0.280. The number of benzene rings is 2. The predicted octanol–water partition coefficient (Wildman–Crippen LogP) is 6.04. The number of hydrazine groups is 1. The highest BCUT2D eigenvalue weighted by molar-refractivity contribution is 6.66. The summed E-state index contributed by atoms with van der Waals surface area (Å²) in [5.41, 5.74) is 0.116. The topological polar surface area (TPSA) is 84.0 Å². The lowest BCUT2D eigenvalue weighted by Gasteiger charge is -2.36. The van der Waals surface area contributed by atoms with Gasteiger partial charge in [-0.05, 0) is 36.4 Å². The van der Waals surface area contributed by atoms with Crippen molar-refractivity contribution in [3.63, 3.8) is 0 Å². The lowest BCUT2D eigenvalue weighted by molar-refractivity contribution is -0.154. The highest BCUT2D eigenvalue weighted by atomic mass is 35.5. The molecule has 3 aliphatic rings. The van der Waals surface area contributed by atoms with Gasteiger partial charge in [0.2, 0.25) is 0 Å². The highest BCUT2D eigenvalue weighted by Crippen LogP contribution is 2.77. The van der Waals surface area contributed by atoms with Crippen LogP contribution in [-0.4, -0.2) is 61.3 Å². The molecule has 1 heterocycles. The maximum Gasteiger partial charge on any atom is 0.274 e. The molecule has 7 nitrogen and oxygen atoms in total. The Morgan fingerprint density at radius 1 is 0.872 bits per heavy atom. The van der Waals surface area contributed by atoms with Gasteiger partial charge in [0.15, 0.2) is 10.1 Å². The van der Waals surface area contributed by atoms with Gasteiger partial charge in [0.05, 0.1) is 39.6 Å². The number of ketones is 1. The van der Waals surface area contributed by atoms with Gasteiger partial charge in [-0.15, -0.1) is 23.2 Å². The molecular weight excluding hydrogens is 656 g/mol. The Kier molecular flexibility index (Phi) is 7.16. The number of methoxy groups -OCH3 is 1. The molecule has 14 heteroatoms. The largest absolute Gasteiger partial charge is 0.497 e. The number of allylic oxidation sites excluding steroid dienone is 2. The van der Waals surface area contributed by atoms with Gasteiger partial charge in [0, 0.05) is 5.56 Å². The van der Waals surface area contributed by atoms with Crippen LogP contribution in [0.15, 0.2) is 58.6 Å². The van der Waals surface area contributed by atoms with Gasteiger partial charge in [-0.25, -0.2) is 5.01 Å². The van der Waals surface area contributed by atoms with Crippen LogP contribution in [0.25, 0.3) is 0 Å². The Bertz CT molecular complexity index is 1430. The minimum absolute atomic E-state index is 0.0275. The maximum absolute atomic E-state index is 13.9. The second-order valence-corrected chi connectivity index (χ2v) is 12.7. The SMILES string of the molecule is COc1ccc(C(=O)CN(C(=O)c2ccccc2Cl)N2C(=O)[C@@H]3[C@@H](C2=O)[C@@]2(Cl)C(Cl)=C(Cl)[C@@]3(Cl)C2(Cl)Cl)cc1. The van der Waals surface area contributed by atoms with Crippen molar-refractivity contribution in [2.75, 3.05) is 13.7 Å². The van der Waals surface area contributed by atoms with E-state index in [0.29, 0.717) is 15.8 Å². The molecule has 1 saturated heterocycles. The molecule has 0 aromatic heterocycles. The summed E-state index contributed by atoms with van der Waals surface area (Å²) in [6.07, 6.45) is 0. The Labute approximate surface area is 257 Å². The van der Waals surface area contributed by atoms with Gasteiger partial charge in [0.25, 0.3) is 17.7 Å². The van der Waals surface area contributed by atoms with Gasteiger partial charge < -0.3 is 4.74 Å². The van der Waals surface area contributed by atoms with Crippen LogP contribution in [0.2, 0.25) is 5.02 Å². The number of Topliss-reactive ketones (excluding diaryl/α,β-unsaturated/α-hetero) is 1. The number of fused-ring (bicyclic) bond motifs is 5. The lowest BCUT2D eigenvalue weighted by Crippen LogP contribution is -2.56. The Balaban J connectivity index is 1.59. The molecule has 5 rings (SSSR count).